The van der Waals surface area contributed by atoms with Gasteiger partial charge in [-0.1, -0.05) is 35.9 Å². The zero-order valence-corrected chi connectivity index (χ0v) is 20.3. The Hall–Kier alpha value is -3.52. The lowest BCUT2D eigenvalue weighted by Crippen LogP contribution is -2.45. The fraction of sp³-hybridized carbons (Fsp3) is 0.269. The summed E-state index contributed by atoms with van der Waals surface area (Å²) in [6.45, 7) is 5.88. The first-order valence-corrected chi connectivity index (χ1v) is 12.5. The Morgan fingerprint density at radius 3 is 2.38 bits per heavy atom. The third kappa shape index (κ3) is 5.17. The van der Waals surface area contributed by atoms with E-state index in [2.05, 4.69) is 5.32 Å². The van der Waals surface area contributed by atoms with Crippen molar-refractivity contribution in [1.82, 2.24) is 5.32 Å². The van der Waals surface area contributed by atoms with Crippen molar-refractivity contribution in [2.24, 2.45) is 0 Å². The first kappa shape index (κ1) is 23.6. The topological polar surface area (TPSA) is 84.9 Å². The Bertz CT molecular complexity index is 1290. The number of hydrogen-bond donors (Lipinski definition) is 1. The van der Waals surface area contributed by atoms with Gasteiger partial charge >= 0.3 is 0 Å². The van der Waals surface area contributed by atoms with Crippen LogP contribution in [0.15, 0.2) is 71.6 Å². The summed E-state index contributed by atoms with van der Waals surface area (Å²) < 4.78 is 39.7. The molecule has 1 N–H and O–H groups in total. The minimum atomic E-state index is -3.96. The van der Waals surface area contributed by atoms with E-state index in [0.29, 0.717) is 23.8 Å². The quantitative estimate of drug-likeness (QED) is 0.557. The first-order valence-electron chi connectivity index (χ1n) is 11.1. The van der Waals surface area contributed by atoms with Crippen molar-refractivity contribution in [3.8, 4) is 11.5 Å². The van der Waals surface area contributed by atoms with Gasteiger partial charge in [0.15, 0.2) is 11.5 Å². The zero-order chi connectivity index (χ0) is 24.3. The number of ether oxygens (including phenoxy) is 2. The van der Waals surface area contributed by atoms with Gasteiger partial charge in [0.2, 0.25) is 5.91 Å². The lowest BCUT2D eigenvalue weighted by Gasteiger charge is -2.28. The molecule has 34 heavy (non-hydrogen) atoms. The minimum Gasteiger partial charge on any atom is -0.486 e. The molecule has 0 bridgehead atoms. The number of sulfonamides is 1. The summed E-state index contributed by atoms with van der Waals surface area (Å²) in [4.78, 5) is 13.0. The van der Waals surface area contributed by atoms with Crippen LogP contribution < -0.4 is 19.1 Å². The van der Waals surface area contributed by atoms with Crippen molar-refractivity contribution in [3.63, 3.8) is 0 Å². The molecule has 0 radical (unpaired) electrons. The summed E-state index contributed by atoms with van der Waals surface area (Å²) in [6.07, 6.45) is -0.373. The first-order chi connectivity index (χ1) is 16.2. The van der Waals surface area contributed by atoms with Gasteiger partial charge in [-0.15, -0.1) is 0 Å². The van der Waals surface area contributed by atoms with E-state index < -0.39 is 15.9 Å². The smallest absolute Gasteiger partial charge is 0.264 e. The number of amides is 1. The van der Waals surface area contributed by atoms with Crippen LogP contribution in [0.5, 0.6) is 11.5 Å². The molecule has 0 saturated carbocycles. The van der Waals surface area contributed by atoms with E-state index in [0.717, 1.165) is 21.0 Å². The summed E-state index contributed by atoms with van der Waals surface area (Å²) in [6, 6.07) is 19.3. The Balaban J connectivity index is 1.52. The molecule has 0 saturated heterocycles. The SMILES string of the molecule is Cc1ccc(S(=O)(=O)N(CC(=O)NCC2COc3ccccc3O2)c2ccc(C)c(C)c2)cc1. The minimum absolute atomic E-state index is 0.129. The van der Waals surface area contributed by atoms with Gasteiger partial charge in [0.1, 0.15) is 19.3 Å². The predicted molar refractivity (Wildman–Crippen MR) is 131 cm³/mol. The zero-order valence-electron chi connectivity index (χ0n) is 19.4. The highest BCUT2D eigenvalue weighted by atomic mass is 32.2. The summed E-state index contributed by atoms with van der Waals surface area (Å²) in [5.74, 6) is 0.846. The van der Waals surface area contributed by atoms with Crippen molar-refractivity contribution in [2.45, 2.75) is 31.8 Å². The Morgan fingerprint density at radius 2 is 1.68 bits per heavy atom. The number of para-hydroxylation sites is 2. The van der Waals surface area contributed by atoms with Crippen molar-refractivity contribution in [1.29, 1.82) is 0 Å². The maximum absolute atomic E-state index is 13.5. The van der Waals surface area contributed by atoms with Crippen molar-refractivity contribution >= 4 is 21.6 Å². The molecule has 0 fully saturated rings. The van der Waals surface area contributed by atoms with Crippen LogP contribution in [0.1, 0.15) is 16.7 Å². The van der Waals surface area contributed by atoms with Crippen LogP contribution in [0.3, 0.4) is 0 Å². The van der Waals surface area contributed by atoms with Gasteiger partial charge < -0.3 is 14.8 Å². The summed E-state index contributed by atoms with van der Waals surface area (Å²) >= 11 is 0. The second-order valence-corrected chi connectivity index (χ2v) is 10.3. The number of nitrogens with zero attached hydrogens (tertiary/aromatic N) is 1. The third-order valence-electron chi connectivity index (χ3n) is 5.77. The average Bonchev–Trinajstić information content (AvgIpc) is 2.83. The molecule has 0 spiro atoms. The molecule has 1 heterocycles. The molecule has 178 valence electrons. The van der Waals surface area contributed by atoms with Crippen LogP contribution in [-0.4, -0.2) is 40.1 Å². The Morgan fingerprint density at radius 1 is 0.971 bits per heavy atom. The molecule has 7 nitrogen and oxygen atoms in total. The number of aryl methyl sites for hydroxylation is 3. The molecule has 3 aromatic rings. The van der Waals surface area contributed by atoms with E-state index >= 15 is 0 Å². The van der Waals surface area contributed by atoms with Gasteiger partial charge in [0.05, 0.1) is 17.1 Å². The van der Waals surface area contributed by atoms with Crippen LogP contribution >= 0.6 is 0 Å². The fourth-order valence-corrected chi connectivity index (χ4v) is 5.02. The van der Waals surface area contributed by atoms with Gasteiger partial charge in [-0.25, -0.2) is 8.42 Å². The standard InChI is InChI=1S/C26H28N2O5S/c1-18-8-12-23(13-9-18)34(30,31)28(21-11-10-19(2)20(3)14-21)16-26(29)27-15-22-17-32-24-6-4-5-7-25(24)33-22/h4-14,22H,15-17H2,1-3H3,(H,27,29). The number of carbonyl (C=O) groups excluding carboxylic acids is 1. The summed E-state index contributed by atoms with van der Waals surface area (Å²) in [7, 11) is -3.96. The van der Waals surface area contributed by atoms with Gasteiger partial charge in [-0.2, -0.15) is 0 Å². The molecule has 0 aromatic heterocycles. The van der Waals surface area contributed by atoms with Crippen LogP contribution in [-0.2, 0) is 14.8 Å². The molecule has 0 aliphatic carbocycles. The van der Waals surface area contributed by atoms with Gasteiger partial charge in [0.25, 0.3) is 10.0 Å². The Labute approximate surface area is 200 Å². The van der Waals surface area contributed by atoms with E-state index in [4.69, 9.17) is 9.47 Å². The highest BCUT2D eigenvalue weighted by Gasteiger charge is 2.28. The number of rotatable bonds is 7. The second-order valence-electron chi connectivity index (χ2n) is 8.39. The Kier molecular flexibility index (Phi) is 6.79. The lowest BCUT2D eigenvalue weighted by atomic mass is 10.1. The predicted octanol–water partition coefficient (Wildman–Crippen LogP) is 3.76. The number of nitrogens with one attached hydrogen (secondary N) is 1. The van der Waals surface area contributed by atoms with Crippen LogP contribution in [0.4, 0.5) is 5.69 Å². The summed E-state index contributed by atoms with van der Waals surface area (Å²) in [5.41, 5.74) is 3.36. The number of carbonyl (C=O) groups is 1. The molecule has 1 aliphatic rings. The molecule has 1 unspecified atom stereocenters. The average molecular weight is 481 g/mol. The molecule has 4 rings (SSSR count). The number of anilines is 1. The van der Waals surface area contributed by atoms with Crippen molar-refractivity contribution in [2.75, 3.05) is 24.0 Å². The highest BCUT2D eigenvalue weighted by Crippen LogP contribution is 2.31. The number of fused-ring (bicyclic) bond motifs is 1. The van der Waals surface area contributed by atoms with E-state index in [9.17, 15) is 13.2 Å². The van der Waals surface area contributed by atoms with Gasteiger partial charge in [-0.05, 0) is 68.3 Å². The molecular formula is C26H28N2O5S. The van der Waals surface area contributed by atoms with Gasteiger partial charge in [0, 0.05) is 0 Å². The molecule has 1 atom stereocenters. The van der Waals surface area contributed by atoms with Crippen molar-refractivity contribution < 1.29 is 22.7 Å². The third-order valence-corrected chi connectivity index (χ3v) is 7.56. The highest BCUT2D eigenvalue weighted by molar-refractivity contribution is 7.92. The van der Waals surface area contributed by atoms with E-state index in [-0.39, 0.29) is 24.1 Å². The molecule has 8 heteroatoms. The van der Waals surface area contributed by atoms with Crippen molar-refractivity contribution in [3.05, 3.63) is 83.4 Å². The van der Waals surface area contributed by atoms with E-state index in [1.165, 1.54) is 0 Å². The van der Waals surface area contributed by atoms with Crippen LogP contribution in [0.25, 0.3) is 0 Å². The fourth-order valence-electron chi connectivity index (χ4n) is 3.61. The molecule has 1 amide bonds. The van der Waals surface area contributed by atoms with E-state index in [1.807, 2.05) is 45.0 Å². The number of hydrogen-bond acceptors (Lipinski definition) is 5. The second kappa shape index (κ2) is 9.77. The molecular weight excluding hydrogens is 452 g/mol. The largest absolute Gasteiger partial charge is 0.486 e. The molecule has 1 aliphatic heterocycles. The maximum atomic E-state index is 13.5. The lowest BCUT2D eigenvalue weighted by molar-refractivity contribution is -0.120. The van der Waals surface area contributed by atoms with Crippen LogP contribution in [0, 0.1) is 20.8 Å². The molecule has 3 aromatic carbocycles. The van der Waals surface area contributed by atoms with Gasteiger partial charge in [-0.3, -0.25) is 9.10 Å². The monoisotopic (exact) mass is 480 g/mol. The van der Waals surface area contributed by atoms with Crippen LogP contribution in [0.2, 0.25) is 0 Å². The normalized spacial score (nSPS) is 15.0. The van der Waals surface area contributed by atoms with E-state index in [1.54, 1.807) is 42.5 Å². The summed E-state index contributed by atoms with van der Waals surface area (Å²) in [5, 5.41) is 2.79. The number of benzene rings is 3. The maximum Gasteiger partial charge on any atom is 0.264 e.